The van der Waals surface area contributed by atoms with Gasteiger partial charge in [0.15, 0.2) is 5.15 Å². The summed E-state index contributed by atoms with van der Waals surface area (Å²) >= 11 is 9.34. The largest absolute Gasteiger partial charge is 0.297 e. The highest BCUT2D eigenvalue weighted by atomic mass is 35.5. The number of carbonyl (C=O) groups is 1. The van der Waals surface area contributed by atoms with Crippen LogP contribution in [-0.4, -0.2) is 34.4 Å². The van der Waals surface area contributed by atoms with Crippen molar-refractivity contribution in [1.29, 1.82) is 0 Å². The Labute approximate surface area is 149 Å². The maximum atomic E-state index is 12.7. The minimum absolute atomic E-state index is 0.0301. The molecule has 0 radical (unpaired) electrons. The van der Waals surface area contributed by atoms with Crippen molar-refractivity contribution >= 4 is 45.6 Å². The molecule has 2 heterocycles. The van der Waals surface area contributed by atoms with E-state index >= 15 is 0 Å². The van der Waals surface area contributed by atoms with Crippen LogP contribution < -0.4 is 4.90 Å². The fourth-order valence-corrected chi connectivity index (χ4v) is 4.02. The molecule has 1 atom stereocenters. The number of pyridine rings is 1. The van der Waals surface area contributed by atoms with E-state index in [1.165, 1.54) is 11.3 Å². The zero-order valence-corrected chi connectivity index (χ0v) is 15.4. The van der Waals surface area contributed by atoms with E-state index in [0.717, 1.165) is 16.3 Å². The summed E-state index contributed by atoms with van der Waals surface area (Å²) in [6.07, 6.45) is 7.12. The monoisotopic (exact) mass is 367 g/mol. The summed E-state index contributed by atoms with van der Waals surface area (Å²) in [4.78, 5) is 22.8. The fourth-order valence-electron chi connectivity index (χ4n) is 2.06. The Hall–Kier alpha value is -1.37. The SMILES string of the molecule is C=CCN(C(=O)[C@H](C)CSC)c1sc(-c2cccnc2)nc1Cl. The lowest BCUT2D eigenvalue weighted by Gasteiger charge is -2.22. The van der Waals surface area contributed by atoms with Crippen molar-refractivity contribution in [2.24, 2.45) is 5.92 Å². The van der Waals surface area contributed by atoms with E-state index < -0.39 is 0 Å². The van der Waals surface area contributed by atoms with Gasteiger partial charge in [-0.1, -0.05) is 35.9 Å². The van der Waals surface area contributed by atoms with Crippen molar-refractivity contribution in [3.8, 4) is 10.6 Å². The predicted octanol–water partition coefficient (Wildman–Crippen LogP) is 4.38. The molecule has 0 aromatic carbocycles. The van der Waals surface area contributed by atoms with Crippen molar-refractivity contribution in [2.75, 3.05) is 23.5 Å². The van der Waals surface area contributed by atoms with E-state index in [-0.39, 0.29) is 11.8 Å². The number of halogens is 1. The molecule has 2 aromatic heterocycles. The number of amides is 1. The Bertz CT molecular complexity index is 675. The molecule has 0 unspecified atom stereocenters. The van der Waals surface area contributed by atoms with Crippen molar-refractivity contribution in [2.45, 2.75) is 6.92 Å². The van der Waals surface area contributed by atoms with Gasteiger partial charge in [-0.15, -0.1) is 6.58 Å². The van der Waals surface area contributed by atoms with E-state index in [0.29, 0.717) is 16.7 Å². The molecule has 2 rings (SSSR count). The summed E-state index contributed by atoms with van der Waals surface area (Å²) in [5, 5.41) is 1.74. The van der Waals surface area contributed by atoms with Gasteiger partial charge in [0.1, 0.15) is 10.0 Å². The molecule has 0 fully saturated rings. The van der Waals surface area contributed by atoms with Crippen LogP contribution in [0.2, 0.25) is 5.15 Å². The molecule has 0 spiro atoms. The Kier molecular flexibility index (Phi) is 6.62. The highest BCUT2D eigenvalue weighted by Crippen LogP contribution is 2.38. The van der Waals surface area contributed by atoms with Crippen LogP contribution in [0.3, 0.4) is 0 Å². The maximum absolute atomic E-state index is 12.7. The number of nitrogens with zero attached hydrogens (tertiary/aromatic N) is 3. The van der Waals surface area contributed by atoms with Crippen LogP contribution in [0.15, 0.2) is 37.2 Å². The van der Waals surface area contributed by atoms with Gasteiger partial charge in [-0.25, -0.2) is 4.98 Å². The van der Waals surface area contributed by atoms with Gasteiger partial charge in [0.05, 0.1) is 0 Å². The number of hydrogen-bond donors (Lipinski definition) is 0. The summed E-state index contributed by atoms with van der Waals surface area (Å²) in [6.45, 7) is 6.07. The van der Waals surface area contributed by atoms with Gasteiger partial charge < -0.3 is 0 Å². The molecule has 7 heteroatoms. The molecular formula is C16H18ClN3OS2. The van der Waals surface area contributed by atoms with Gasteiger partial charge in [-0.3, -0.25) is 14.7 Å². The average Bonchev–Trinajstić information content (AvgIpc) is 2.94. The number of anilines is 1. The zero-order valence-electron chi connectivity index (χ0n) is 13.0. The third-order valence-corrected chi connectivity index (χ3v) is 5.48. The first-order valence-electron chi connectivity index (χ1n) is 7.06. The van der Waals surface area contributed by atoms with Gasteiger partial charge in [-0.05, 0) is 18.4 Å². The van der Waals surface area contributed by atoms with Gasteiger partial charge in [0, 0.05) is 36.2 Å². The molecule has 0 aliphatic heterocycles. The number of rotatable bonds is 7. The molecule has 0 N–H and O–H groups in total. The van der Waals surface area contributed by atoms with Crippen molar-refractivity contribution in [1.82, 2.24) is 9.97 Å². The number of hydrogen-bond acceptors (Lipinski definition) is 5. The smallest absolute Gasteiger partial charge is 0.231 e. The number of aromatic nitrogens is 2. The van der Waals surface area contributed by atoms with Crippen molar-refractivity contribution in [3.63, 3.8) is 0 Å². The molecule has 0 aliphatic rings. The van der Waals surface area contributed by atoms with Crippen LogP contribution in [0.1, 0.15) is 6.92 Å². The quantitative estimate of drug-likeness (QED) is 0.681. The summed E-state index contributed by atoms with van der Waals surface area (Å²) in [5.74, 6) is 0.700. The minimum atomic E-state index is -0.0926. The van der Waals surface area contributed by atoms with Crippen molar-refractivity contribution < 1.29 is 4.79 Å². The van der Waals surface area contributed by atoms with Crippen LogP contribution in [0, 0.1) is 5.92 Å². The lowest BCUT2D eigenvalue weighted by Crippen LogP contribution is -2.36. The first kappa shape index (κ1) is 18.0. The van der Waals surface area contributed by atoms with Gasteiger partial charge >= 0.3 is 0 Å². The van der Waals surface area contributed by atoms with Crippen LogP contribution >= 0.6 is 34.7 Å². The standard InChI is InChI=1S/C16H18ClN3OS2/c1-4-8-20(15(21)11(2)10-22-3)16-13(17)19-14(23-16)12-6-5-7-18-9-12/h4-7,9,11H,1,8,10H2,2-3H3/t11-/m1/s1. The number of thioether (sulfide) groups is 1. The first-order chi connectivity index (χ1) is 11.1. The second-order valence-electron chi connectivity index (χ2n) is 4.95. The molecule has 23 heavy (non-hydrogen) atoms. The lowest BCUT2D eigenvalue weighted by atomic mass is 10.2. The molecule has 4 nitrogen and oxygen atoms in total. The van der Waals surface area contributed by atoms with E-state index in [1.807, 2.05) is 25.3 Å². The first-order valence-corrected chi connectivity index (χ1v) is 9.65. The van der Waals surface area contributed by atoms with Gasteiger partial charge in [0.2, 0.25) is 5.91 Å². The second-order valence-corrected chi connectivity index (χ2v) is 7.20. The Morgan fingerprint density at radius 1 is 1.61 bits per heavy atom. The summed E-state index contributed by atoms with van der Waals surface area (Å²) in [5.41, 5.74) is 0.883. The second kappa shape index (κ2) is 8.47. The molecule has 122 valence electrons. The third-order valence-electron chi connectivity index (χ3n) is 3.14. The number of thiazole rings is 1. The maximum Gasteiger partial charge on any atom is 0.231 e. The summed E-state index contributed by atoms with van der Waals surface area (Å²) < 4.78 is 0. The van der Waals surface area contributed by atoms with Gasteiger partial charge in [-0.2, -0.15) is 11.8 Å². The Morgan fingerprint density at radius 3 is 3.00 bits per heavy atom. The summed E-state index contributed by atoms with van der Waals surface area (Å²) in [7, 11) is 0. The topological polar surface area (TPSA) is 46.1 Å². The number of carbonyl (C=O) groups excluding carboxylic acids is 1. The third kappa shape index (κ3) is 4.34. The summed E-state index contributed by atoms with van der Waals surface area (Å²) in [6, 6.07) is 3.76. The average molecular weight is 368 g/mol. The van der Waals surface area contributed by atoms with E-state index in [1.54, 1.807) is 35.1 Å². The molecule has 0 saturated carbocycles. The molecule has 0 aliphatic carbocycles. The lowest BCUT2D eigenvalue weighted by molar-refractivity contribution is -0.121. The highest BCUT2D eigenvalue weighted by Gasteiger charge is 2.25. The van der Waals surface area contributed by atoms with Crippen LogP contribution in [0.25, 0.3) is 10.6 Å². The van der Waals surface area contributed by atoms with Crippen LogP contribution in [-0.2, 0) is 4.79 Å². The molecule has 1 amide bonds. The van der Waals surface area contributed by atoms with Crippen LogP contribution in [0.5, 0.6) is 0 Å². The normalized spacial score (nSPS) is 12.0. The van der Waals surface area contributed by atoms with E-state index in [9.17, 15) is 4.79 Å². The molecule has 0 bridgehead atoms. The van der Waals surface area contributed by atoms with E-state index in [4.69, 9.17) is 11.6 Å². The van der Waals surface area contributed by atoms with Crippen LogP contribution in [0.4, 0.5) is 5.00 Å². The minimum Gasteiger partial charge on any atom is -0.297 e. The Morgan fingerprint density at radius 2 is 2.39 bits per heavy atom. The Balaban J connectivity index is 2.34. The fraction of sp³-hybridized carbons (Fsp3) is 0.312. The molecular weight excluding hydrogens is 350 g/mol. The van der Waals surface area contributed by atoms with Gasteiger partial charge in [0.25, 0.3) is 0 Å². The van der Waals surface area contributed by atoms with Crippen molar-refractivity contribution in [3.05, 3.63) is 42.3 Å². The predicted molar refractivity (Wildman–Crippen MR) is 100 cm³/mol. The molecule has 0 saturated heterocycles. The molecule has 2 aromatic rings. The highest BCUT2D eigenvalue weighted by molar-refractivity contribution is 7.98. The zero-order chi connectivity index (χ0) is 16.8. The van der Waals surface area contributed by atoms with E-state index in [2.05, 4.69) is 16.5 Å².